The number of hydrogen-bond donors (Lipinski definition) is 2. The summed E-state index contributed by atoms with van der Waals surface area (Å²) in [4.78, 5) is 11.8. The number of hydrogen-bond acceptors (Lipinski definition) is 3. The smallest absolute Gasteiger partial charge is 0.206 e. The summed E-state index contributed by atoms with van der Waals surface area (Å²) in [5.41, 5.74) is 0.741. The summed E-state index contributed by atoms with van der Waals surface area (Å²) >= 11 is 0. The Bertz CT molecular complexity index is 398. The average molecular weight is 230 g/mol. The second-order valence-corrected chi connectivity index (χ2v) is 4.26. The Hall–Kier alpha value is -1.77. The summed E-state index contributed by atoms with van der Waals surface area (Å²) < 4.78 is 0. The van der Waals surface area contributed by atoms with Crippen molar-refractivity contribution < 1.29 is 4.79 Å². The molecular formula is C14H18N2O. The molecule has 0 saturated heterocycles. The van der Waals surface area contributed by atoms with E-state index in [9.17, 15) is 4.79 Å². The van der Waals surface area contributed by atoms with Gasteiger partial charge in [0.15, 0.2) is 0 Å². The third-order valence-electron chi connectivity index (χ3n) is 2.72. The SMILES string of the molecule is CC(CC=N)CCC(=N)C(=O)c1ccccc1. The van der Waals surface area contributed by atoms with E-state index in [2.05, 4.69) is 0 Å². The van der Waals surface area contributed by atoms with E-state index in [-0.39, 0.29) is 11.5 Å². The van der Waals surface area contributed by atoms with Crippen LogP contribution in [0.2, 0.25) is 0 Å². The maximum Gasteiger partial charge on any atom is 0.206 e. The van der Waals surface area contributed by atoms with Gasteiger partial charge in [-0.2, -0.15) is 0 Å². The first-order valence-electron chi connectivity index (χ1n) is 5.81. The van der Waals surface area contributed by atoms with Crippen molar-refractivity contribution in [3.8, 4) is 0 Å². The molecule has 3 heteroatoms. The summed E-state index contributed by atoms with van der Waals surface area (Å²) in [6.07, 6.45) is 3.37. The highest BCUT2D eigenvalue weighted by Crippen LogP contribution is 2.11. The Morgan fingerprint density at radius 1 is 1.35 bits per heavy atom. The lowest BCUT2D eigenvalue weighted by Gasteiger charge is -2.08. The van der Waals surface area contributed by atoms with Crippen LogP contribution >= 0.6 is 0 Å². The van der Waals surface area contributed by atoms with Crippen molar-refractivity contribution in [1.82, 2.24) is 0 Å². The molecule has 0 radical (unpaired) electrons. The van der Waals surface area contributed by atoms with Crippen molar-refractivity contribution in [1.29, 1.82) is 10.8 Å². The highest BCUT2D eigenvalue weighted by molar-refractivity contribution is 6.44. The highest BCUT2D eigenvalue weighted by Gasteiger charge is 2.12. The van der Waals surface area contributed by atoms with E-state index < -0.39 is 0 Å². The molecule has 0 heterocycles. The summed E-state index contributed by atoms with van der Waals surface area (Å²) in [7, 11) is 0. The number of nitrogens with one attached hydrogen (secondary N) is 2. The van der Waals surface area contributed by atoms with Gasteiger partial charge in [-0.25, -0.2) is 0 Å². The molecule has 0 aliphatic carbocycles. The first-order chi connectivity index (χ1) is 8.15. The Balaban J connectivity index is 2.48. The molecule has 0 amide bonds. The lowest BCUT2D eigenvalue weighted by atomic mass is 9.97. The molecule has 0 spiro atoms. The van der Waals surface area contributed by atoms with Crippen molar-refractivity contribution in [3.63, 3.8) is 0 Å². The molecule has 1 rings (SSSR count). The van der Waals surface area contributed by atoms with Gasteiger partial charge >= 0.3 is 0 Å². The zero-order valence-electron chi connectivity index (χ0n) is 10.1. The standard InChI is InChI=1S/C14H18N2O/c1-11(9-10-15)7-8-13(16)14(17)12-5-3-2-4-6-12/h2-6,10-11,15-16H,7-9H2,1H3. The number of Topliss-reactive ketones (excluding diaryl/α,β-unsaturated/α-hetero) is 1. The molecule has 0 aliphatic heterocycles. The van der Waals surface area contributed by atoms with Gasteiger partial charge in [-0.3, -0.25) is 4.79 Å². The van der Waals surface area contributed by atoms with Gasteiger partial charge in [-0.05, 0) is 31.4 Å². The molecule has 0 fully saturated rings. The van der Waals surface area contributed by atoms with Crippen LogP contribution in [0.4, 0.5) is 0 Å². The molecule has 1 atom stereocenters. The third kappa shape index (κ3) is 4.31. The first kappa shape index (κ1) is 13.3. The molecule has 1 unspecified atom stereocenters. The zero-order chi connectivity index (χ0) is 12.7. The molecule has 3 nitrogen and oxygen atoms in total. The number of ketones is 1. The normalized spacial score (nSPS) is 11.8. The van der Waals surface area contributed by atoms with Gasteiger partial charge in [0.05, 0.1) is 5.71 Å². The van der Waals surface area contributed by atoms with Crippen molar-refractivity contribution in [2.45, 2.75) is 26.2 Å². The van der Waals surface area contributed by atoms with Crippen LogP contribution in [0.3, 0.4) is 0 Å². The van der Waals surface area contributed by atoms with E-state index in [1.54, 1.807) is 24.3 Å². The van der Waals surface area contributed by atoms with Gasteiger partial charge in [0.2, 0.25) is 5.78 Å². The molecule has 0 saturated carbocycles. The first-order valence-corrected chi connectivity index (χ1v) is 5.81. The number of carbonyl (C=O) groups is 1. The van der Waals surface area contributed by atoms with Gasteiger partial charge < -0.3 is 10.8 Å². The van der Waals surface area contributed by atoms with Crippen LogP contribution in [-0.4, -0.2) is 17.7 Å². The van der Waals surface area contributed by atoms with Crippen LogP contribution in [0.25, 0.3) is 0 Å². The monoisotopic (exact) mass is 230 g/mol. The summed E-state index contributed by atoms with van der Waals surface area (Å²) in [5.74, 6) is 0.170. The largest absolute Gasteiger partial charge is 0.313 e. The molecule has 0 aromatic heterocycles. The van der Waals surface area contributed by atoms with Crippen LogP contribution in [-0.2, 0) is 0 Å². The van der Waals surface area contributed by atoms with E-state index in [1.807, 2.05) is 13.0 Å². The van der Waals surface area contributed by atoms with Gasteiger partial charge in [0.1, 0.15) is 0 Å². The maximum absolute atomic E-state index is 11.8. The minimum absolute atomic E-state index is 0.160. The summed E-state index contributed by atoms with van der Waals surface area (Å²) in [6.45, 7) is 2.03. The van der Waals surface area contributed by atoms with Crippen LogP contribution in [0.1, 0.15) is 36.5 Å². The molecule has 1 aromatic rings. The number of benzene rings is 1. The fourth-order valence-corrected chi connectivity index (χ4v) is 1.59. The second-order valence-electron chi connectivity index (χ2n) is 4.26. The predicted octanol–water partition coefficient (Wildman–Crippen LogP) is 3.35. The van der Waals surface area contributed by atoms with Gasteiger partial charge in [-0.1, -0.05) is 37.3 Å². The predicted molar refractivity (Wildman–Crippen MR) is 70.3 cm³/mol. The van der Waals surface area contributed by atoms with Crippen LogP contribution in [0.15, 0.2) is 30.3 Å². The Labute approximate surface area is 102 Å². The van der Waals surface area contributed by atoms with Gasteiger partial charge in [0, 0.05) is 5.56 Å². The highest BCUT2D eigenvalue weighted by atomic mass is 16.1. The lowest BCUT2D eigenvalue weighted by Crippen LogP contribution is -2.14. The van der Waals surface area contributed by atoms with E-state index >= 15 is 0 Å². The van der Waals surface area contributed by atoms with Crippen LogP contribution < -0.4 is 0 Å². The third-order valence-corrected chi connectivity index (χ3v) is 2.72. The van der Waals surface area contributed by atoms with Crippen molar-refractivity contribution in [2.75, 3.05) is 0 Å². The van der Waals surface area contributed by atoms with Crippen molar-refractivity contribution in [2.24, 2.45) is 5.92 Å². The Morgan fingerprint density at radius 3 is 2.59 bits per heavy atom. The van der Waals surface area contributed by atoms with E-state index in [0.717, 1.165) is 6.42 Å². The molecule has 0 aliphatic rings. The van der Waals surface area contributed by atoms with Crippen LogP contribution in [0, 0.1) is 16.7 Å². The van der Waals surface area contributed by atoms with Gasteiger partial charge in [-0.15, -0.1) is 0 Å². The van der Waals surface area contributed by atoms with E-state index in [4.69, 9.17) is 10.8 Å². The topological polar surface area (TPSA) is 64.8 Å². The minimum atomic E-state index is -0.187. The van der Waals surface area contributed by atoms with Gasteiger partial charge in [0.25, 0.3) is 0 Å². The Kier molecular flexibility index (Phi) is 5.27. The molecule has 17 heavy (non-hydrogen) atoms. The van der Waals surface area contributed by atoms with E-state index in [1.165, 1.54) is 6.21 Å². The van der Waals surface area contributed by atoms with Crippen molar-refractivity contribution in [3.05, 3.63) is 35.9 Å². The Morgan fingerprint density at radius 2 is 2.00 bits per heavy atom. The average Bonchev–Trinajstić information content (AvgIpc) is 2.36. The zero-order valence-corrected chi connectivity index (χ0v) is 10.1. The fraction of sp³-hybridized carbons (Fsp3) is 0.357. The summed E-state index contributed by atoms with van der Waals surface area (Å²) in [5, 5.41) is 14.7. The quantitative estimate of drug-likeness (QED) is 0.547. The lowest BCUT2D eigenvalue weighted by molar-refractivity contribution is 0.106. The molecule has 0 bridgehead atoms. The molecular weight excluding hydrogens is 212 g/mol. The molecule has 1 aromatic carbocycles. The number of carbonyl (C=O) groups excluding carboxylic acids is 1. The minimum Gasteiger partial charge on any atom is -0.313 e. The second kappa shape index (κ2) is 6.74. The van der Waals surface area contributed by atoms with E-state index in [0.29, 0.717) is 24.3 Å². The molecule has 90 valence electrons. The summed E-state index contributed by atoms with van der Waals surface area (Å²) in [6, 6.07) is 8.93. The molecule has 2 N–H and O–H groups in total. The van der Waals surface area contributed by atoms with Crippen molar-refractivity contribution >= 4 is 17.7 Å². The fourth-order valence-electron chi connectivity index (χ4n) is 1.59. The maximum atomic E-state index is 11.8. The van der Waals surface area contributed by atoms with Crippen LogP contribution in [0.5, 0.6) is 0 Å². The number of rotatable bonds is 7.